The lowest BCUT2D eigenvalue weighted by atomic mass is 9.77. The Morgan fingerprint density at radius 3 is 2.00 bits per heavy atom. The van der Waals surface area contributed by atoms with Crippen molar-refractivity contribution in [3.63, 3.8) is 0 Å². The second-order valence-electron chi connectivity index (χ2n) is 12.4. The fourth-order valence-electron chi connectivity index (χ4n) is 6.72. The maximum atomic E-state index is 13.0. The lowest BCUT2D eigenvalue weighted by Crippen LogP contribution is -2.18. The summed E-state index contributed by atoms with van der Waals surface area (Å²) in [4.78, 5) is 49.0. The lowest BCUT2D eigenvalue weighted by Gasteiger charge is -2.25. The Hall–Kier alpha value is -6.68. The number of carbonyl (C=O) groups is 4. The van der Waals surface area contributed by atoms with Gasteiger partial charge >= 0.3 is 17.9 Å². The summed E-state index contributed by atoms with van der Waals surface area (Å²) in [5, 5.41) is 35.8. The van der Waals surface area contributed by atoms with Crippen LogP contribution in [-0.4, -0.2) is 49.2 Å². The number of hydrogen-bond acceptors (Lipinski definition) is 7. The van der Waals surface area contributed by atoms with Crippen LogP contribution in [0.1, 0.15) is 82.8 Å². The molecule has 1 atom stereocenters. The predicted molar refractivity (Wildman–Crippen MR) is 197 cm³/mol. The third kappa shape index (κ3) is 7.13. The Labute approximate surface area is 298 Å². The van der Waals surface area contributed by atoms with E-state index in [2.05, 4.69) is 58.7 Å². The van der Waals surface area contributed by atoms with Crippen molar-refractivity contribution in [2.45, 2.75) is 39.0 Å². The quantitative estimate of drug-likeness (QED) is 0.117. The average molecular weight is 695 g/mol. The fourth-order valence-corrected chi connectivity index (χ4v) is 6.72. The number of nitrogens with zero attached hydrogens (tertiary/aromatic N) is 2. The molecular formula is C42H34N2O8. The van der Waals surface area contributed by atoms with Crippen LogP contribution in [0.15, 0.2) is 114 Å². The van der Waals surface area contributed by atoms with Crippen LogP contribution in [0.2, 0.25) is 0 Å². The number of para-hydroxylation sites is 1. The van der Waals surface area contributed by atoms with Crippen molar-refractivity contribution in [3.8, 4) is 0 Å². The first-order valence-corrected chi connectivity index (χ1v) is 16.6. The highest BCUT2D eigenvalue weighted by Gasteiger charge is 2.30. The van der Waals surface area contributed by atoms with Crippen LogP contribution < -0.4 is 0 Å². The molecule has 0 aliphatic heterocycles. The van der Waals surface area contributed by atoms with Crippen LogP contribution in [-0.2, 0) is 6.42 Å². The van der Waals surface area contributed by atoms with Crippen molar-refractivity contribution in [3.05, 3.63) is 154 Å². The Morgan fingerprint density at radius 1 is 0.673 bits per heavy atom. The molecule has 0 fully saturated rings. The standard InChI is InChI=1S/C23H19NO2.C10H7NO2.C9H8O4/c1-14-13-22(26-24-14)23(25)21-8-4-7-17-19-10-9-15-5-2-3-6-16(15)18(19)11-12-20(17)21;12-10(13)8-5-6-11-9-4-2-1-3-7(8)9;1-5-6(8(10)11)3-2-4-7(5)9(12)13/h2-3,5-6,9-13,21H,4,7-8H2,1H3;1-6H,(H,12,13);2-4H,1H3,(H,10,11)(H,12,13). The van der Waals surface area contributed by atoms with Gasteiger partial charge in [-0.1, -0.05) is 78.0 Å². The van der Waals surface area contributed by atoms with Gasteiger partial charge in [0, 0.05) is 17.6 Å². The molecule has 0 amide bonds. The van der Waals surface area contributed by atoms with Gasteiger partial charge in [0.05, 0.1) is 33.8 Å². The normalized spacial score (nSPS) is 13.3. The van der Waals surface area contributed by atoms with E-state index < -0.39 is 17.9 Å². The molecule has 1 unspecified atom stereocenters. The third-order valence-corrected chi connectivity index (χ3v) is 9.23. The van der Waals surface area contributed by atoms with E-state index in [0.29, 0.717) is 22.2 Å². The summed E-state index contributed by atoms with van der Waals surface area (Å²) < 4.78 is 5.24. The van der Waals surface area contributed by atoms with Gasteiger partial charge in [0.2, 0.25) is 11.5 Å². The number of aromatic carboxylic acids is 3. The highest BCUT2D eigenvalue weighted by molar-refractivity contribution is 6.09. The van der Waals surface area contributed by atoms with Crippen LogP contribution >= 0.6 is 0 Å². The van der Waals surface area contributed by atoms with Gasteiger partial charge in [-0.2, -0.15) is 0 Å². The van der Waals surface area contributed by atoms with Crippen LogP contribution in [0.25, 0.3) is 32.4 Å². The number of ketones is 1. The first-order chi connectivity index (χ1) is 25.0. The molecule has 10 nitrogen and oxygen atoms in total. The summed E-state index contributed by atoms with van der Waals surface area (Å²) in [5.41, 5.74) is 4.55. The molecule has 7 aromatic rings. The Kier molecular flexibility index (Phi) is 10.2. The van der Waals surface area contributed by atoms with Gasteiger partial charge in [-0.05, 0) is 95.6 Å². The molecule has 1 aliphatic rings. The molecule has 0 saturated carbocycles. The number of rotatable bonds is 5. The van der Waals surface area contributed by atoms with Crippen molar-refractivity contribution >= 4 is 56.1 Å². The van der Waals surface area contributed by atoms with Crippen molar-refractivity contribution in [2.75, 3.05) is 0 Å². The summed E-state index contributed by atoms with van der Waals surface area (Å²) in [6, 6.07) is 31.8. The molecule has 3 N–H and O–H groups in total. The second kappa shape index (κ2) is 15.1. The Morgan fingerprint density at radius 2 is 1.33 bits per heavy atom. The van der Waals surface area contributed by atoms with E-state index in [0.717, 1.165) is 30.5 Å². The summed E-state index contributed by atoms with van der Waals surface area (Å²) in [6.07, 6.45) is 4.41. The third-order valence-electron chi connectivity index (χ3n) is 9.23. The average Bonchev–Trinajstić information content (AvgIpc) is 3.60. The number of fused-ring (bicyclic) bond motifs is 6. The highest BCUT2D eigenvalue weighted by atomic mass is 16.5. The maximum Gasteiger partial charge on any atom is 0.336 e. The van der Waals surface area contributed by atoms with Gasteiger partial charge in [-0.25, -0.2) is 14.4 Å². The number of hydrogen-bond donors (Lipinski definition) is 3. The SMILES string of the molecule is Cc1c(C(=O)O)cccc1C(=O)O.Cc1cc(C(=O)C2CCCc3c2ccc2c3ccc3ccccc32)on1.O=C(O)c1ccnc2ccccc12. The fraction of sp³-hybridized carbons (Fsp3) is 0.143. The zero-order valence-corrected chi connectivity index (χ0v) is 28.4. The molecule has 2 aromatic heterocycles. The number of aromatic nitrogens is 2. The van der Waals surface area contributed by atoms with Gasteiger partial charge in [0.1, 0.15) is 0 Å². The molecule has 2 heterocycles. The maximum absolute atomic E-state index is 13.0. The predicted octanol–water partition coefficient (Wildman–Crippen LogP) is 8.92. The van der Waals surface area contributed by atoms with E-state index in [1.54, 1.807) is 24.3 Å². The van der Waals surface area contributed by atoms with Crippen molar-refractivity contribution in [1.82, 2.24) is 10.1 Å². The number of carboxylic acid groups (broad SMARTS) is 3. The zero-order chi connectivity index (χ0) is 36.9. The van der Waals surface area contributed by atoms with Gasteiger partial charge in [0.25, 0.3) is 0 Å². The summed E-state index contributed by atoms with van der Waals surface area (Å²) in [7, 11) is 0. The molecule has 5 aromatic carbocycles. The van der Waals surface area contributed by atoms with Crippen LogP contribution in [0.4, 0.5) is 0 Å². The van der Waals surface area contributed by atoms with Crippen LogP contribution in [0.3, 0.4) is 0 Å². The minimum Gasteiger partial charge on any atom is -0.478 e. The van der Waals surface area contributed by atoms with E-state index in [9.17, 15) is 19.2 Å². The number of carboxylic acids is 3. The molecule has 1 aliphatic carbocycles. The number of Topliss-reactive ketones (excluding diaryl/α,β-unsaturated/α-hetero) is 1. The molecule has 0 bridgehead atoms. The number of benzene rings is 5. The van der Waals surface area contributed by atoms with Crippen LogP contribution in [0.5, 0.6) is 0 Å². The highest BCUT2D eigenvalue weighted by Crippen LogP contribution is 2.39. The number of pyridine rings is 1. The van der Waals surface area contributed by atoms with E-state index in [1.807, 2.05) is 13.0 Å². The Balaban J connectivity index is 0.000000150. The van der Waals surface area contributed by atoms with E-state index in [4.69, 9.17) is 19.8 Å². The van der Waals surface area contributed by atoms with Crippen LogP contribution in [0, 0.1) is 13.8 Å². The molecular weight excluding hydrogens is 660 g/mol. The second-order valence-corrected chi connectivity index (χ2v) is 12.4. The largest absolute Gasteiger partial charge is 0.478 e. The van der Waals surface area contributed by atoms with Gasteiger partial charge < -0.3 is 19.8 Å². The minimum absolute atomic E-state index is 0.0277. The summed E-state index contributed by atoms with van der Waals surface area (Å²) in [6.45, 7) is 3.32. The molecule has 0 spiro atoms. The van der Waals surface area contributed by atoms with E-state index in [-0.39, 0.29) is 28.4 Å². The van der Waals surface area contributed by atoms with Gasteiger partial charge in [0.15, 0.2) is 0 Å². The topological polar surface area (TPSA) is 168 Å². The summed E-state index contributed by atoms with van der Waals surface area (Å²) in [5.74, 6) is -2.85. The lowest BCUT2D eigenvalue weighted by molar-refractivity contribution is 0.0682. The van der Waals surface area contributed by atoms with Gasteiger partial charge in [-0.15, -0.1) is 0 Å². The first kappa shape index (κ1) is 35.2. The molecule has 0 radical (unpaired) electrons. The van der Waals surface area contributed by atoms with E-state index in [1.165, 1.54) is 64.5 Å². The minimum atomic E-state index is -1.11. The van der Waals surface area contributed by atoms with Crippen molar-refractivity contribution in [1.29, 1.82) is 0 Å². The zero-order valence-electron chi connectivity index (χ0n) is 28.4. The van der Waals surface area contributed by atoms with Crippen molar-refractivity contribution in [2.24, 2.45) is 0 Å². The van der Waals surface area contributed by atoms with Gasteiger partial charge in [-0.3, -0.25) is 9.78 Å². The smallest absolute Gasteiger partial charge is 0.336 e. The first-order valence-electron chi connectivity index (χ1n) is 16.6. The Bertz CT molecular complexity index is 2460. The van der Waals surface area contributed by atoms with E-state index >= 15 is 0 Å². The van der Waals surface area contributed by atoms with Crippen molar-refractivity contribution < 1.29 is 39.0 Å². The summed E-state index contributed by atoms with van der Waals surface area (Å²) >= 11 is 0. The molecule has 10 heteroatoms. The monoisotopic (exact) mass is 694 g/mol. The number of aryl methyl sites for hydroxylation is 2. The molecule has 0 saturated heterocycles. The molecule has 52 heavy (non-hydrogen) atoms. The molecule has 260 valence electrons. The molecule has 8 rings (SSSR count). The number of carbonyl (C=O) groups excluding carboxylic acids is 1.